The summed E-state index contributed by atoms with van der Waals surface area (Å²) in [5.74, 6) is 0. The van der Waals surface area contributed by atoms with Crippen molar-refractivity contribution in [1.82, 2.24) is 5.32 Å². The summed E-state index contributed by atoms with van der Waals surface area (Å²) in [6, 6.07) is -0.338. The summed E-state index contributed by atoms with van der Waals surface area (Å²) in [5.41, 5.74) is -0.787. The maximum Gasteiger partial charge on any atom is 0.407 e. The van der Waals surface area contributed by atoms with Crippen LogP contribution in [0.1, 0.15) is 48.5 Å². The first-order valence-corrected chi connectivity index (χ1v) is 5.61. The predicted octanol–water partition coefficient (Wildman–Crippen LogP) is 2.31. The molecular weight excluding hydrogens is 206 g/mol. The predicted molar refractivity (Wildman–Crippen MR) is 64.3 cm³/mol. The molecule has 0 aliphatic carbocycles. The number of aliphatic hydroxyl groups is 1. The van der Waals surface area contributed by atoms with E-state index in [0.29, 0.717) is 0 Å². The Bertz CT molecular complexity index is 238. The number of hydrogen-bond donors (Lipinski definition) is 2. The lowest BCUT2D eigenvalue weighted by Gasteiger charge is -2.31. The zero-order valence-corrected chi connectivity index (χ0v) is 11.4. The molecule has 0 heterocycles. The van der Waals surface area contributed by atoms with E-state index in [1.54, 1.807) is 27.7 Å². The Hall–Kier alpha value is -0.770. The largest absolute Gasteiger partial charge is 0.444 e. The van der Waals surface area contributed by atoms with E-state index in [-0.39, 0.29) is 11.5 Å². The maximum atomic E-state index is 11.5. The number of nitrogens with one attached hydrogen (secondary N) is 1. The molecule has 0 radical (unpaired) electrons. The van der Waals surface area contributed by atoms with Crippen LogP contribution in [0.25, 0.3) is 0 Å². The van der Waals surface area contributed by atoms with E-state index in [0.717, 1.165) is 0 Å². The third kappa shape index (κ3) is 5.95. The molecule has 4 nitrogen and oxygen atoms in total. The first kappa shape index (κ1) is 15.2. The smallest absolute Gasteiger partial charge is 0.407 e. The highest BCUT2D eigenvalue weighted by Gasteiger charge is 2.29. The van der Waals surface area contributed by atoms with Crippen LogP contribution in [0.15, 0.2) is 0 Å². The van der Waals surface area contributed by atoms with Gasteiger partial charge in [0.1, 0.15) is 5.60 Å². The van der Waals surface area contributed by atoms with Gasteiger partial charge in [0.15, 0.2) is 0 Å². The van der Waals surface area contributed by atoms with Crippen molar-refractivity contribution in [3.05, 3.63) is 0 Å². The average molecular weight is 231 g/mol. The fraction of sp³-hybridized carbons (Fsp3) is 0.917. The minimum atomic E-state index is -0.611. The van der Waals surface area contributed by atoms with Gasteiger partial charge in [0.25, 0.3) is 0 Å². The van der Waals surface area contributed by atoms with Gasteiger partial charge in [-0.25, -0.2) is 4.79 Å². The number of aliphatic hydroxyl groups excluding tert-OH is 1. The van der Waals surface area contributed by atoms with Gasteiger partial charge in [-0.1, -0.05) is 20.8 Å². The highest BCUT2D eigenvalue weighted by molar-refractivity contribution is 5.68. The molecule has 0 spiro atoms. The number of alkyl carbamates (subject to hydrolysis) is 1. The summed E-state index contributed by atoms with van der Waals surface area (Å²) in [6.45, 7) is 12.9. The van der Waals surface area contributed by atoms with Crippen molar-refractivity contribution in [2.24, 2.45) is 5.41 Å². The molecule has 4 heteroatoms. The molecule has 0 fully saturated rings. The molecule has 0 saturated heterocycles. The molecule has 0 aromatic heterocycles. The maximum absolute atomic E-state index is 11.5. The molecule has 96 valence electrons. The van der Waals surface area contributed by atoms with Crippen molar-refractivity contribution in [2.45, 2.75) is 66.2 Å². The fourth-order valence-corrected chi connectivity index (χ4v) is 1.32. The van der Waals surface area contributed by atoms with Gasteiger partial charge >= 0.3 is 6.09 Å². The average Bonchev–Trinajstić information content (AvgIpc) is 1.96. The number of rotatable bonds is 2. The Morgan fingerprint density at radius 1 is 1.19 bits per heavy atom. The highest BCUT2D eigenvalue weighted by atomic mass is 16.6. The Balaban J connectivity index is 4.26. The minimum Gasteiger partial charge on any atom is -0.444 e. The van der Waals surface area contributed by atoms with Crippen LogP contribution >= 0.6 is 0 Å². The van der Waals surface area contributed by atoms with Crippen LogP contribution < -0.4 is 5.32 Å². The van der Waals surface area contributed by atoms with Crippen molar-refractivity contribution in [3.8, 4) is 0 Å². The van der Waals surface area contributed by atoms with Crippen molar-refractivity contribution in [1.29, 1.82) is 0 Å². The van der Waals surface area contributed by atoms with E-state index >= 15 is 0 Å². The lowest BCUT2D eigenvalue weighted by Crippen LogP contribution is -2.48. The molecule has 0 aliphatic rings. The molecule has 1 amide bonds. The normalized spacial score (nSPS) is 16.5. The van der Waals surface area contributed by atoms with Crippen LogP contribution in [0.2, 0.25) is 0 Å². The van der Waals surface area contributed by atoms with Crippen LogP contribution in [0, 0.1) is 5.41 Å². The zero-order chi connectivity index (χ0) is 13.1. The van der Waals surface area contributed by atoms with Crippen LogP contribution in [0.4, 0.5) is 4.79 Å². The number of carbonyl (C=O) groups is 1. The van der Waals surface area contributed by atoms with Crippen LogP contribution in [-0.2, 0) is 4.74 Å². The molecule has 0 unspecified atom stereocenters. The molecule has 16 heavy (non-hydrogen) atoms. The van der Waals surface area contributed by atoms with E-state index in [1.165, 1.54) is 0 Å². The molecule has 2 atom stereocenters. The number of amides is 1. The summed E-state index contributed by atoms with van der Waals surface area (Å²) in [7, 11) is 0. The Morgan fingerprint density at radius 2 is 1.62 bits per heavy atom. The SMILES string of the molecule is C[C@@H](NC(=O)OC(C)(C)C)[C@@H](O)C(C)(C)C. The second-order valence-corrected chi connectivity index (χ2v) is 6.25. The second kappa shape index (κ2) is 5.04. The van der Waals surface area contributed by atoms with Gasteiger partial charge in [0, 0.05) is 0 Å². The van der Waals surface area contributed by atoms with E-state index in [2.05, 4.69) is 5.32 Å². The Kier molecular flexibility index (Phi) is 4.80. The van der Waals surface area contributed by atoms with E-state index in [1.807, 2.05) is 20.8 Å². The second-order valence-electron chi connectivity index (χ2n) is 6.25. The number of hydrogen-bond acceptors (Lipinski definition) is 3. The molecule has 0 aliphatic heterocycles. The molecule has 2 N–H and O–H groups in total. The van der Waals surface area contributed by atoms with E-state index in [9.17, 15) is 9.90 Å². The molecule has 0 aromatic rings. The highest BCUT2D eigenvalue weighted by Crippen LogP contribution is 2.21. The lowest BCUT2D eigenvalue weighted by atomic mass is 9.85. The lowest BCUT2D eigenvalue weighted by molar-refractivity contribution is 0.0182. The van der Waals surface area contributed by atoms with Crippen LogP contribution in [0.5, 0.6) is 0 Å². The molecule has 0 saturated carbocycles. The van der Waals surface area contributed by atoms with Crippen molar-refractivity contribution >= 4 is 6.09 Å². The summed E-state index contributed by atoms with van der Waals surface area (Å²) in [5, 5.41) is 12.6. The fourth-order valence-electron chi connectivity index (χ4n) is 1.32. The topological polar surface area (TPSA) is 58.6 Å². The number of ether oxygens (including phenoxy) is 1. The monoisotopic (exact) mass is 231 g/mol. The summed E-state index contributed by atoms with van der Waals surface area (Å²) in [4.78, 5) is 11.5. The Morgan fingerprint density at radius 3 is 1.94 bits per heavy atom. The Labute approximate surface area is 98.4 Å². The quantitative estimate of drug-likeness (QED) is 0.766. The van der Waals surface area contributed by atoms with Gasteiger partial charge in [0.05, 0.1) is 12.1 Å². The van der Waals surface area contributed by atoms with Crippen LogP contribution in [0.3, 0.4) is 0 Å². The van der Waals surface area contributed by atoms with Crippen molar-refractivity contribution < 1.29 is 14.6 Å². The first-order valence-electron chi connectivity index (χ1n) is 5.61. The van der Waals surface area contributed by atoms with Gasteiger partial charge in [-0.3, -0.25) is 0 Å². The van der Waals surface area contributed by atoms with Crippen molar-refractivity contribution in [3.63, 3.8) is 0 Å². The van der Waals surface area contributed by atoms with Crippen molar-refractivity contribution in [2.75, 3.05) is 0 Å². The van der Waals surface area contributed by atoms with Gasteiger partial charge in [-0.2, -0.15) is 0 Å². The van der Waals surface area contributed by atoms with Gasteiger partial charge in [0.2, 0.25) is 0 Å². The van der Waals surface area contributed by atoms with E-state index in [4.69, 9.17) is 4.74 Å². The van der Waals surface area contributed by atoms with E-state index < -0.39 is 17.8 Å². The molecule has 0 bridgehead atoms. The summed E-state index contributed by atoms with van der Waals surface area (Å²) >= 11 is 0. The standard InChI is InChI=1S/C12H25NO3/c1-8(9(14)11(2,3)4)13-10(15)16-12(5,6)7/h8-9,14H,1-7H3,(H,13,15)/t8-,9-/m1/s1. The third-order valence-corrected chi connectivity index (χ3v) is 2.11. The first-order chi connectivity index (χ1) is 6.93. The summed E-state index contributed by atoms with van der Waals surface area (Å²) in [6.07, 6.45) is -1.11. The summed E-state index contributed by atoms with van der Waals surface area (Å²) < 4.78 is 5.11. The number of carbonyl (C=O) groups excluding carboxylic acids is 1. The molecule has 0 aromatic carbocycles. The minimum absolute atomic E-state index is 0.269. The van der Waals surface area contributed by atoms with Crippen LogP contribution in [-0.4, -0.2) is 28.9 Å². The zero-order valence-electron chi connectivity index (χ0n) is 11.4. The molecule has 0 rings (SSSR count). The van der Waals surface area contributed by atoms with Gasteiger partial charge in [-0.05, 0) is 33.1 Å². The van der Waals surface area contributed by atoms with Gasteiger partial charge < -0.3 is 15.2 Å². The third-order valence-electron chi connectivity index (χ3n) is 2.11. The van der Waals surface area contributed by atoms with Gasteiger partial charge in [-0.15, -0.1) is 0 Å². The molecular formula is C12H25NO3.